The monoisotopic (exact) mass is 186 g/mol. The summed E-state index contributed by atoms with van der Waals surface area (Å²) in [6.07, 6.45) is 0.994. The van der Waals surface area contributed by atoms with Gasteiger partial charge in [0.05, 0.1) is 12.5 Å². The minimum absolute atomic E-state index is 0.0381. The van der Waals surface area contributed by atoms with Gasteiger partial charge in [0.2, 0.25) is 0 Å². The van der Waals surface area contributed by atoms with Gasteiger partial charge in [-0.25, -0.2) is 4.79 Å². The molecule has 0 fully saturated rings. The van der Waals surface area contributed by atoms with Gasteiger partial charge in [-0.15, -0.1) is 0 Å². The number of carbonyl (C=O) groups is 2. The molecular weight excluding hydrogens is 172 g/mol. The van der Waals surface area contributed by atoms with Gasteiger partial charge < -0.3 is 9.47 Å². The molecule has 0 spiro atoms. The van der Waals surface area contributed by atoms with E-state index in [2.05, 4.69) is 11.3 Å². The summed E-state index contributed by atoms with van der Waals surface area (Å²) in [7, 11) is 0. The molecule has 13 heavy (non-hydrogen) atoms. The average Bonchev–Trinajstić information content (AvgIpc) is 2.02. The summed E-state index contributed by atoms with van der Waals surface area (Å²) in [4.78, 5) is 21.4. The predicted octanol–water partition coefficient (Wildman–Crippen LogP) is 1.06. The van der Waals surface area contributed by atoms with Gasteiger partial charge in [0.1, 0.15) is 6.61 Å². The topological polar surface area (TPSA) is 52.6 Å². The highest BCUT2D eigenvalue weighted by molar-refractivity contribution is 5.81. The number of rotatable bonds is 5. The third-order valence-electron chi connectivity index (χ3n) is 1.08. The highest BCUT2D eigenvalue weighted by atomic mass is 16.6. The molecule has 0 radical (unpaired) electrons. The number of esters is 2. The third-order valence-corrected chi connectivity index (χ3v) is 1.08. The summed E-state index contributed by atoms with van der Waals surface area (Å²) >= 11 is 0. The van der Waals surface area contributed by atoms with E-state index in [4.69, 9.17) is 4.74 Å². The van der Waals surface area contributed by atoms with Crippen molar-refractivity contribution in [1.29, 1.82) is 0 Å². The Morgan fingerprint density at radius 1 is 1.46 bits per heavy atom. The van der Waals surface area contributed by atoms with Gasteiger partial charge in [-0.2, -0.15) is 0 Å². The second-order valence-electron chi connectivity index (χ2n) is 2.66. The third kappa shape index (κ3) is 7.05. The fourth-order valence-electron chi connectivity index (χ4n) is 0.616. The van der Waals surface area contributed by atoms with Crippen LogP contribution in [0.4, 0.5) is 0 Å². The summed E-state index contributed by atoms with van der Waals surface area (Å²) in [5.41, 5.74) is 0. The fourth-order valence-corrected chi connectivity index (χ4v) is 0.616. The first-order chi connectivity index (χ1) is 6.06. The van der Waals surface area contributed by atoms with Crippen LogP contribution in [-0.4, -0.2) is 24.6 Å². The lowest BCUT2D eigenvalue weighted by atomic mass is 10.4. The van der Waals surface area contributed by atoms with Crippen molar-refractivity contribution >= 4 is 11.9 Å². The van der Waals surface area contributed by atoms with Gasteiger partial charge in [0.15, 0.2) is 0 Å². The van der Waals surface area contributed by atoms with E-state index in [0.717, 1.165) is 6.08 Å². The maximum atomic E-state index is 10.9. The fraction of sp³-hybridized carbons (Fsp3) is 0.556. The smallest absolute Gasteiger partial charge is 0.330 e. The van der Waals surface area contributed by atoms with E-state index >= 15 is 0 Å². The van der Waals surface area contributed by atoms with Crippen LogP contribution < -0.4 is 0 Å². The molecule has 0 aliphatic heterocycles. The molecule has 0 atom stereocenters. The Hall–Kier alpha value is -1.32. The predicted molar refractivity (Wildman–Crippen MR) is 47.0 cm³/mol. The molecule has 4 nitrogen and oxygen atoms in total. The molecule has 0 aliphatic carbocycles. The Bertz CT molecular complexity index is 196. The molecule has 74 valence electrons. The summed E-state index contributed by atoms with van der Waals surface area (Å²) in [5, 5.41) is 0. The molecule has 0 aromatic heterocycles. The van der Waals surface area contributed by atoms with Crippen LogP contribution in [0.5, 0.6) is 0 Å². The summed E-state index contributed by atoms with van der Waals surface area (Å²) in [6, 6.07) is 0. The van der Waals surface area contributed by atoms with E-state index in [1.807, 2.05) is 0 Å². The minimum Gasteiger partial charge on any atom is -0.463 e. The zero-order valence-electron chi connectivity index (χ0n) is 7.91. The van der Waals surface area contributed by atoms with Crippen LogP contribution in [0.1, 0.15) is 20.3 Å². The van der Waals surface area contributed by atoms with Crippen molar-refractivity contribution in [3.8, 4) is 0 Å². The molecule has 0 aliphatic rings. The molecule has 0 bridgehead atoms. The number of hydrogen-bond donors (Lipinski definition) is 0. The zero-order chi connectivity index (χ0) is 10.3. The van der Waals surface area contributed by atoms with Crippen molar-refractivity contribution in [2.75, 3.05) is 6.61 Å². The van der Waals surface area contributed by atoms with E-state index < -0.39 is 5.97 Å². The Kier molecular flexibility index (Phi) is 5.59. The molecule has 0 rings (SSSR count). The molecular formula is C9H14O4. The molecule has 0 unspecified atom stereocenters. The second-order valence-corrected chi connectivity index (χ2v) is 2.66. The number of carbonyl (C=O) groups excluding carboxylic acids is 2. The lowest BCUT2D eigenvalue weighted by molar-refractivity contribution is -0.150. The van der Waals surface area contributed by atoms with Crippen LogP contribution in [0.3, 0.4) is 0 Å². The normalized spacial score (nSPS) is 9.46. The summed E-state index contributed by atoms with van der Waals surface area (Å²) < 4.78 is 9.40. The number of ether oxygens (including phenoxy) is 2. The second kappa shape index (κ2) is 6.22. The minimum atomic E-state index is -0.530. The highest BCUT2D eigenvalue weighted by Gasteiger charge is 2.05. The molecule has 4 heteroatoms. The van der Waals surface area contributed by atoms with Crippen molar-refractivity contribution in [2.45, 2.75) is 26.4 Å². The van der Waals surface area contributed by atoms with Crippen molar-refractivity contribution in [3.63, 3.8) is 0 Å². The van der Waals surface area contributed by atoms with Gasteiger partial charge >= 0.3 is 11.9 Å². The van der Waals surface area contributed by atoms with Gasteiger partial charge in [0.25, 0.3) is 0 Å². The molecule has 0 aromatic carbocycles. The lowest BCUT2D eigenvalue weighted by Gasteiger charge is -2.07. The number of hydrogen-bond acceptors (Lipinski definition) is 4. The largest absolute Gasteiger partial charge is 0.463 e. The van der Waals surface area contributed by atoms with E-state index in [1.54, 1.807) is 13.8 Å². The first-order valence-electron chi connectivity index (χ1n) is 4.05. The Balaban J connectivity index is 3.48. The van der Waals surface area contributed by atoms with Crippen LogP contribution in [0.2, 0.25) is 0 Å². The summed E-state index contributed by atoms with van der Waals surface area (Å²) in [6.45, 7) is 6.77. The van der Waals surface area contributed by atoms with Gasteiger partial charge in [-0.05, 0) is 13.8 Å². The zero-order valence-corrected chi connectivity index (χ0v) is 7.91. The van der Waals surface area contributed by atoms with Crippen molar-refractivity contribution in [3.05, 3.63) is 12.7 Å². The average molecular weight is 186 g/mol. The highest BCUT2D eigenvalue weighted by Crippen LogP contribution is 1.94. The molecule has 0 amide bonds. The standard InChI is InChI=1S/C9H14O4/c1-4-8(10)12-6-5-9(11)13-7(2)3/h4,7H,1,5-6H2,2-3H3. The van der Waals surface area contributed by atoms with Crippen LogP contribution in [0.15, 0.2) is 12.7 Å². The Morgan fingerprint density at radius 3 is 2.54 bits per heavy atom. The molecule has 0 saturated carbocycles. The first kappa shape index (κ1) is 11.7. The van der Waals surface area contributed by atoms with Gasteiger partial charge in [-0.3, -0.25) is 4.79 Å². The van der Waals surface area contributed by atoms with Crippen molar-refractivity contribution in [1.82, 2.24) is 0 Å². The van der Waals surface area contributed by atoms with E-state index in [9.17, 15) is 9.59 Å². The van der Waals surface area contributed by atoms with Crippen LogP contribution in [0.25, 0.3) is 0 Å². The van der Waals surface area contributed by atoms with E-state index in [0.29, 0.717) is 0 Å². The van der Waals surface area contributed by atoms with Crippen LogP contribution in [0, 0.1) is 0 Å². The van der Waals surface area contributed by atoms with E-state index in [-0.39, 0.29) is 25.1 Å². The Morgan fingerprint density at radius 2 is 2.08 bits per heavy atom. The molecule has 0 saturated heterocycles. The maximum absolute atomic E-state index is 10.9. The first-order valence-corrected chi connectivity index (χ1v) is 4.05. The molecule has 0 heterocycles. The summed E-state index contributed by atoms with van der Waals surface area (Å²) in [5.74, 6) is -0.899. The van der Waals surface area contributed by atoms with Gasteiger partial charge in [0, 0.05) is 6.08 Å². The van der Waals surface area contributed by atoms with E-state index in [1.165, 1.54) is 0 Å². The molecule has 0 N–H and O–H groups in total. The quantitative estimate of drug-likeness (QED) is 0.476. The lowest BCUT2D eigenvalue weighted by Crippen LogP contribution is -2.14. The van der Waals surface area contributed by atoms with Crippen molar-refractivity contribution < 1.29 is 19.1 Å². The van der Waals surface area contributed by atoms with Crippen LogP contribution >= 0.6 is 0 Å². The van der Waals surface area contributed by atoms with Gasteiger partial charge in [-0.1, -0.05) is 6.58 Å². The molecule has 0 aromatic rings. The van der Waals surface area contributed by atoms with Crippen LogP contribution in [-0.2, 0) is 19.1 Å². The SMILES string of the molecule is C=CC(=O)OCCC(=O)OC(C)C. The van der Waals surface area contributed by atoms with Crippen molar-refractivity contribution in [2.24, 2.45) is 0 Å². The maximum Gasteiger partial charge on any atom is 0.330 e. The Labute approximate surface area is 77.5 Å².